The Morgan fingerprint density at radius 1 is 1.42 bits per heavy atom. The molecule has 0 unspecified atom stereocenters. The number of nitrogens with one attached hydrogen (secondary N) is 1. The summed E-state index contributed by atoms with van der Waals surface area (Å²) in [6.45, 7) is 4.32. The first-order chi connectivity index (χ1) is 5.33. The van der Waals surface area contributed by atoms with E-state index in [1.807, 2.05) is 6.20 Å². The number of aromatic nitrogens is 1. The van der Waals surface area contributed by atoms with Gasteiger partial charge in [0.05, 0.1) is 0 Å². The maximum Gasteiger partial charge on any atom is 0.176 e. The molecule has 1 heterocycles. The molecule has 1 aromatic heterocycles. The number of pyridine rings is 1. The van der Waals surface area contributed by atoms with E-state index >= 15 is 0 Å². The molecule has 0 saturated carbocycles. The van der Waals surface area contributed by atoms with Gasteiger partial charge < -0.3 is 17.0 Å². The summed E-state index contributed by atoms with van der Waals surface area (Å²) >= 11 is 0. The monoisotopic (exact) mass is 229 g/mol. The molecule has 12 heavy (non-hydrogen) atoms. The lowest BCUT2D eigenvalue weighted by Gasteiger charge is -1.96. The second kappa shape index (κ2) is 6.18. The molecule has 0 aromatic carbocycles. The van der Waals surface area contributed by atoms with Crippen LogP contribution in [-0.2, 0) is 6.42 Å². The Hall–Kier alpha value is -0.370. The highest BCUT2D eigenvalue weighted by molar-refractivity contribution is 5.11. The fourth-order valence-electron chi connectivity index (χ4n) is 1.18. The Balaban J connectivity index is 0.00000121. The Kier molecular flexibility index (Phi) is 5.99. The molecule has 0 atom stereocenters. The maximum atomic E-state index is 3.15. The van der Waals surface area contributed by atoms with Crippen molar-refractivity contribution >= 4 is 0 Å². The fourth-order valence-corrected chi connectivity index (χ4v) is 1.18. The first-order valence-corrected chi connectivity index (χ1v) is 4.30. The molecule has 0 spiro atoms. The topological polar surface area (TPSA) is 14.1 Å². The van der Waals surface area contributed by atoms with E-state index in [1.165, 1.54) is 30.5 Å². The molecule has 0 bridgehead atoms. The number of rotatable bonds is 3. The highest BCUT2D eigenvalue weighted by atomic mass is 79.9. The van der Waals surface area contributed by atoms with Crippen molar-refractivity contribution in [3.8, 4) is 0 Å². The average Bonchev–Trinajstić information content (AvgIpc) is 2.01. The Bertz CT molecular complexity index is 223. The number of unbranched alkanes of at least 4 members (excludes halogenated alkanes) is 1. The van der Waals surface area contributed by atoms with E-state index in [4.69, 9.17) is 0 Å². The molecule has 0 aliphatic rings. The quantitative estimate of drug-likeness (QED) is 0.642. The Labute approximate surface area is 85.0 Å². The number of aromatic amines is 1. The Morgan fingerprint density at radius 3 is 2.75 bits per heavy atom. The zero-order valence-corrected chi connectivity index (χ0v) is 9.32. The molecular weight excluding hydrogens is 214 g/mol. The maximum absolute atomic E-state index is 3.15. The number of aryl methyl sites for hydroxylation is 2. The molecule has 1 nitrogen and oxygen atoms in total. The summed E-state index contributed by atoms with van der Waals surface area (Å²) < 4.78 is 0. The molecule has 0 saturated heterocycles. The van der Waals surface area contributed by atoms with Crippen LogP contribution in [0.2, 0.25) is 0 Å². The number of hydrogen-bond acceptors (Lipinski definition) is 0. The molecule has 0 amide bonds. The zero-order chi connectivity index (χ0) is 8.10. The van der Waals surface area contributed by atoms with Crippen molar-refractivity contribution < 1.29 is 22.0 Å². The van der Waals surface area contributed by atoms with Crippen LogP contribution in [0.3, 0.4) is 0 Å². The highest BCUT2D eigenvalue weighted by Gasteiger charge is 1.95. The van der Waals surface area contributed by atoms with Crippen LogP contribution < -0.4 is 22.0 Å². The summed E-state index contributed by atoms with van der Waals surface area (Å²) in [6.07, 6.45) is 5.80. The van der Waals surface area contributed by atoms with Crippen LogP contribution in [0, 0.1) is 6.92 Å². The molecule has 1 aromatic rings. The van der Waals surface area contributed by atoms with Crippen LogP contribution in [0.4, 0.5) is 0 Å². The van der Waals surface area contributed by atoms with Crippen LogP contribution in [0.5, 0.6) is 0 Å². The van der Waals surface area contributed by atoms with Gasteiger partial charge in [0.15, 0.2) is 11.9 Å². The van der Waals surface area contributed by atoms with E-state index in [1.54, 1.807) is 0 Å². The third kappa shape index (κ3) is 3.86. The van der Waals surface area contributed by atoms with Gasteiger partial charge in [-0.25, -0.2) is 4.98 Å². The number of hydrogen-bond donors (Lipinski definition) is 0. The minimum atomic E-state index is 0. The summed E-state index contributed by atoms with van der Waals surface area (Å²) in [4.78, 5) is 3.15. The van der Waals surface area contributed by atoms with Gasteiger partial charge in [-0.3, -0.25) is 0 Å². The molecule has 1 N–H and O–H groups in total. The standard InChI is InChI=1S/C10H15N.BrH/c1-3-4-5-10-6-7-11-9(2)8-10;/h6-8H,3-5H2,1-2H3;1H. The third-order valence-electron chi connectivity index (χ3n) is 1.83. The van der Waals surface area contributed by atoms with Crippen LogP contribution in [0.15, 0.2) is 18.3 Å². The van der Waals surface area contributed by atoms with Gasteiger partial charge in [0.25, 0.3) is 0 Å². The lowest BCUT2D eigenvalue weighted by molar-refractivity contribution is -0.387. The van der Waals surface area contributed by atoms with Crippen molar-refractivity contribution in [2.45, 2.75) is 33.1 Å². The first kappa shape index (κ1) is 11.6. The van der Waals surface area contributed by atoms with Crippen LogP contribution in [0.1, 0.15) is 31.0 Å². The minimum absolute atomic E-state index is 0. The molecule has 0 radical (unpaired) electrons. The van der Waals surface area contributed by atoms with Gasteiger partial charge in [0.2, 0.25) is 0 Å². The molecule has 1 rings (SSSR count). The molecule has 0 aliphatic carbocycles. The van der Waals surface area contributed by atoms with Crippen molar-refractivity contribution in [3.63, 3.8) is 0 Å². The van der Waals surface area contributed by atoms with Gasteiger partial charge in [-0.1, -0.05) is 13.3 Å². The van der Waals surface area contributed by atoms with Crippen LogP contribution in [-0.4, -0.2) is 0 Å². The summed E-state index contributed by atoms with van der Waals surface area (Å²) in [7, 11) is 0. The van der Waals surface area contributed by atoms with Crippen molar-refractivity contribution in [3.05, 3.63) is 29.6 Å². The number of halogens is 1. The first-order valence-electron chi connectivity index (χ1n) is 4.30. The summed E-state index contributed by atoms with van der Waals surface area (Å²) in [5.74, 6) is 0. The van der Waals surface area contributed by atoms with Crippen LogP contribution >= 0.6 is 0 Å². The van der Waals surface area contributed by atoms with Gasteiger partial charge in [0, 0.05) is 19.1 Å². The molecule has 0 aliphatic heterocycles. The van der Waals surface area contributed by atoms with Gasteiger partial charge in [0.1, 0.15) is 0 Å². The predicted molar refractivity (Wildman–Crippen MR) is 46.3 cm³/mol. The summed E-state index contributed by atoms with van der Waals surface area (Å²) in [5, 5.41) is 0. The van der Waals surface area contributed by atoms with E-state index < -0.39 is 0 Å². The normalized spacial score (nSPS) is 9.17. The minimum Gasteiger partial charge on any atom is -1.00 e. The van der Waals surface area contributed by atoms with Crippen molar-refractivity contribution in [1.82, 2.24) is 0 Å². The van der Waals surface area contributed by atoms with Crippen molar-refractivity contribution in [2.75, 3.05) is 0 Å². The van der Waals surface area contributed by atoms with E-state index in [-0.39, 0.29) is 17.0 Å². The molecular formula is C10H16BrN. The highest BCUT2D eigenvalue weighted by Crippen LogP contribution is 2.03. The number of H-pyrrole nitrogens is 1. The van der Waals surface area contributed by atoms with E-state index in [9.17, 15) is 0 Å². The molecule has 68 valence electrons. The fraction of sp³-hybridized carbons (Fsp3) is 0.500. The smallest absolute Gasteiger partial charge is 0.176 e. The van der Waals surface area contributed by atoms with Gasteiger partial charge in [-0.05, 0) is 18.4 Å². The van der Waals surface area contributed by atoms with E-state index in [0.717, 1.165) is 0 Å². The lowest BCUT2D eigenvalue weighted by atomic mass is 10.1. The third-order valence-corrected chi connectivity index (χ3v) is 1.83. The SMILES string of the molecule is CCCCc1cc[nH+]c(C)c1.[Br-]. The van der Waals surface area contributed by atoms with Gasteiger partial charge >= 0.3 is 0 Å². The predicted octanol–water partition coefficient (Wildman–Crippen LogP) is -0.844. The van der Waals surface area contributed by atoms with Gasteiger partial charge in [-0.2, -0.15) is 0 Å². The molecule has 0 fully saturated rings. The van der Waals surface area contributed by atoms with Crippen molar-refractivity contribution in [1.29, 1.82) is 0 Å². The second-order valence-corrected chi connectivity index (χ2v) is 2.98. The Morgan fingerprint density at radius 2 is 2.17 bits per heavy atom. The van der Waals surface area contributed by atoms with E-state index in [2.05, 4.69) is 31.0 Å². The van der Waals surface area contributed by atoms with Crippen molar-refractivity contribution in [2.24, 2.45) is 0 Å². The largest absolute Gasteiger partial charge is 1.00 e. The lowest BCUT2D eigenvalue weighted by Crippen LogP contribution is -3.00. The van der Waals surface area contributed by atoms with E-state index in [0.29, 0.717) is 0 Å². The zero-order valence-electron chi connectivity index (χ0n) is 7.73. The molecule has 2 heteroatoms. The van der Waals surface area contributed by atoms with Gasteiger partial charge in [-0.15, -0.1) is 0 Å². The summed E-state index contributed by atoms with van der Waals surface area (Å²) in [6, 6.07) is 4.37. The van der Waals surface area contributed by atoms with Crippen LogP contribution in [0.25, 0.3) is 0 Å². The second-order valence-electron chi connectivity index (χ2n) is 2.98. The summed E-state index contributed by atoms with van der Waals surface area (Å²) in [5.41, 5.74) is 2.70. The average molecular weight is 230 g/mol.